The molecule has 3 aromatic rings. The van der Waals surface area contributed by atoms with Gasteiger partial charge in [0.25, 0.3) is 0 Å². The van der Waals surface area contributed by atoms with Gasteiger partial charge >= 0.3 is 11.8 Å². The minimum atomic E-state index is -4.51. The summed E-state index contributed by atoms with van der Waals surface area (Å²) in [5, 5.41) is 0.616. The summed E-state index contributed by atoms with van der Waals surface area (Å²) in [5.41, 5.74) is -0.506. The summed E-state index contributed by atoms with van der Waals surface area (Å²) in [6, 6.07) is 6.48. The van der Waals surface area contributed by atoms with E-state index in [0.717, 1.165) is 43.3 Å². The summed E-state index contributed by atoms with van der Waals surface area (Å²) >= 11 is 0. The smallest absolute Gasteiger partial charge is 0.416 e. The lowest BCUT2D eigenvalue weighted by atomic mass is 10.0. The van der Waals surface area contributed by atoms with E-state index in [-0.39, 0.29) is 16.4 Å². The van der Waals surface area contributed by atoms with Crippen LogP contribution in [0.5, 0.6) is 5.75 Å². The number of unbranched alkanes of at least 4 members (excludes halogenated alkanes) is 4. The second-order valence-corrected chi connectivity index (χ2v) is 7.50. The standard InChI is InChI=1S/C23H26F3NO3/c1-4-5-6-7-8-11-27(2)16-13-19(29-3)21-18-12-15(23(24,25)26)9-10-17(18)22(28)30-20(21)14-16/h9-10,12-14H,4-8,11H2,1-3H3. The lowest BCUT2D eigenvalue weighted by Crippen LogP contribution is -2.18. The molecule has 0 saturated heterocycles. The number of anilines is 1. The maximum absolute atomic E-state index is 13.2. The number of ether oxygens (including phenoxy) is 1. The lowest BCUT2D eigenvalue weighted by Gasteiger charge is -2.21. The third-order valence-electron chi connectivity index (χ3n) is 5.35. The number of hydrogen-bond acceptors (Lipinski definition) is 4. The monoisotopic (exact) mass is 421 g/mol. The first-order chi connectivity index (χ1) is 14.3. The first-order valence-electron chi connectivity index (χ1n) is 10.1. The largest absolute Gasteiger partial charge is 0.496 e. The lowest BCUT2D eigenvalue weighted by molar-refractivity contribution is -0.137. The Hall–Kier alpha value is -2.70. The van der Waals surface area contributed by atoms with Crippen molar-refractivity contribution in [2.24, 2.45) is 0 Å². The molecule has 0 fully saturated rings. The number of hydrogen-bond donors (Lipinski definition) is 0. The van der Waals surface area contributed by atoms with Crippen LogP contribution >= 0.6 is 0 Å². The average molecular weight is 421 g/mol. The molecule has 0 saturated carbocycles. The summed E-state index contributed by atoms with van der Waals surface area (Å²) in [6.45, 7) is 2.98. The zero-order valence-electron chi connectivity index (χ0n) is 17.4. The Morgan fingerprint density at radius 3 is 2.43 bits per heavy atom. The fraction of sp³-hybridized carbons (Fsp3) is 0.435. The SMILES string of the molecule is CCCCCCCN(C)c1cc(OC)c2c(c1)oc(=O)c1ccc(C(F)(F)F)cc12. The van der Waals surface area contributed by atoms with E-state index in [4.69, 9.17) is 9.15 Å². The topological polar surface area (TPSA) is 42.7 Å². The summed E-state index contributed by atoms with van der Waals surface area (Å²) in [5.74, 6) is 0.369. The highest BCUT2D eigenvalue weighted by atomic mass is 19.4. The van der Waals surface area contributed by atoms with Gasteiger partial charge in [0.15, 0.2) is 0 Å². The minimum absolute atomic E-state index is 0.0887. The van der Waals surface area contributed by atoms with E-state index in [2.05, 4.69) is 6.92 Å². The molecule has 0 amide bonds. The van der Waals surface area contributed by atoms with Crippen LogP contribution in [0.25, 0.3) is 21.7 Å². The molecule has 30 heavy (non-hydrogen) atoms. The van der Waals surface area contributed by atoms with Crippen LogP contribution in [0.2, 0.25) is 0 Å². The van der Waals surface area contributed by atoms with Crippen molar-refractivity contribution in [3.63, 3.8) is 0 Å². The highest BCUT2D eigenvalue weighted by Crippen LogP contribution is 2.38. The molecule has 0 N–H and O–H groups in total. The highest BCUT2D eigenvalue weighted by molar-refractivity contribution is 6.08. The van der Waals surface area contributed by atoms with Crippen molar-refractivity contribution in [2.75, 3.05) is 25.6 Å². The van der Waals surface area contributed by atoms with E-state index in [9.17, 15) is 18.0 Å². The zero-order valence-corrected chi connectivity index (χ0v) is 17.4. The van der Waals surface area contributed by atoms with Crippen LogP contribution in [0.3, 0.4) is 0 Å². The third kappa shape index (κ3) is 4.55. The van der Waals surface area contributed by atoms with Crippen LogP contribution in [0, 0.1) is 0 Å². The van der Waals surface area contributed by atoms with E-state index in [1.165, 1.54) is 26.4 Å². The van der Waals surface area contributed by atoms with Crippen molar-refractivity contribution >= 4 is 27.4 Å². The highest BCUT2D eigenvalue weighted by Gasteiger charge is 2.31. The molecule has 0 unspecified atom stereocenters. The molecule has 7 heteroatoms. The molecule has 0 atom stereocenters. The Bertz CT molecular complexity index is 1090. The molecule has 1 aromatic heterocycles. The number of rotatable bonds is 8. The molecule has 2 aromatic carbocycles. The Kier molecular flexibility index (Phi) is 6.58. The van der Waals surface area contributed by atoms with E-state index >= 15 is 0 Å². The van der Waals surface area contributed by atoms with Crippen LogP contribution in [-0.2, 0) is 6.18 Å². The number of nitrogens with zero attached hydrogens (tertiary/aromatic N) is 1. The van der Waals surface area contributed by atoms with E-state index in [1.54, 1.807) is 12.1 Å². The summed E-state index contributed by atoms with van der Waals surface area (Å²) in [6.07, 6.45) is 1.22. The second-order valence-electron chi connectivity index (χ2n) is 7.50. The number of fused-ring (bicyclic) bond motifs is 3. The third-order valence-corrected chi connectivity index (χ3v) is 5.35. The maximum Gasteiger partial charge on any atom is 0.416 e. The first-order valence-corrected chi connectivity index (χ1v) is 10.1. The number of alkyl halides is 3. The molecule has 1 heterocycles. The minimum Gasteiger partial charge on any atom is -0.496 e. The molecule has 4 nitrogen and oxygen atoms in total. The predicted molar refractivity (Wildman–Crippen MR) is 114 cm³/mol. The van der Waals surface area contributed by atoms with Crippen molar-refractivity contribution in [3.8, 4) is 5.75 Å². The summed E-state index contributed by atoms with van der Waals surface area (Å²) in [7, 11) is 3.38. The number of benzene rings is 2. The van der Waals surface area contributed by atoms with Gasteiger partial charge in [-0.2, -0.15) is 13.2 Å². The van der Waals surface area contributed by atoms with E-state index in [1.807, 2.05) is 11.9 Å². The molecule has 0 radical (unpaired) electrons. The van der Waals surface area contributed by atoms with Crippen LogP contribution in [0.15, 0.2) is 39.5 Å². The van der Waals surface area contributed by atoms with Gasteiger partial charge in [0.05, 0.1) is 23.4 Å². The van der Waals surface area contributed by atoms with Crippen LogP contribution < -0.4 is 15.3 Å². The predicted octanol–water partition coefficient (Wildman–Crippen LogP) is 6.38. The van der Waals surface area contributed by atoms with Crippen molar-refractivity contribution in [1.82, 2.24) is 0 Å². The van der Waals surface area contributed by atoms with Gasteiger partial charge in [0, 0.05) is 36.8 Å². The van der Waals surface area contributed by atoms with Crippen LogP contribution in [0.4, 0.5) is 18.9 Å². The molecule has 0 spiro atoms. The van der Waals surface area contributed by atoms with Gasteiger partial charge in [-0.1, -0.05) is 32.6 Å². The quantitative estimate of drug-likeness (QED) is 0.240. The first kappa shape index (κ1) is 22.0. The fourth-order valence-electron chi connectivity index (χ4n) is 3.65. The Labute approximate surface area is 173 Å². The molecule has 3 rings (SSSR count). The van der Waals surface area contributed by atoms with Crippen molar-refractivity contribution < 1.29 is 22.3 Å². The molecule has 0 aliphatic rings. The number of methoxy groups -OCH3 is 1. The van der Waals surface area contributed by atoms with Crippen molar-refractivity contribution in [2.45, 2.75) is 45.2 Å². The van der Waals surface area contributed by atoms with Gasteiger partial charge < -0.3 is 14.1 Å². The molecule has 0 bridgehead atoms. The van der Waals surface area contributed by atoms with E-state index < -0.39 is 17.4 Å². The van der Waals surface area contributed by atoms with Gasteiger partial charge in [-0.25, -0.2) is 4.79 Å². The molecule has 0 aliphatic heterocycles. The van der Waals surface area contributed by atoms with Gasteiger partial charge in [0.2, 0.25) is 0 Å². The summed E-state index contributed by atoms with van der Waals surface area (Å²) < 4.78 is 50.6. The van der Waals surface area contributed by atoms with Crippen LogP contribution in [0.1, 0.15) is 44.6 Å². The van der Waals surface area contributed by atoms with Gasteiger partial charge in [-0.3, -0.25) is 0 Å². The Morgan fingerprint density at radius 1 is 1.03 bits per heavy atom. The molecule has 0 aliphatic carbocycles. The van der Waals surface area contributed by atoms with Gasteiger partial charge in [-0.05, 0) is 24.6 Å². The second kappa shape index (κ2) is 8.98. The Balaban J connectivity index is 2.06. The summed E-state index contributed by atoms with van der Waals surface area (Å²) in [4.78, 5) is 14.4. The maximum atomic E-state index is 13.2. The number of halogens is 3. The normalized spacial score (nSPS) is 11.9. The Morgan fingerprint density at radius 2 is 1.77 bits per heavy atom. The van der Waals surface area contributed by atoms with Gasteiger partial charge in [-0.15, -0.1) is 0 Å². The van der Waals surface area contributed by atoms with E-state index in [0.29, 0.717) is 11.1 Å². The fourth-order valence-corrected chi connectivity index (χ4v) is 3.65. The van der Waals surface area contributed by atoms with Crippen molar-refractivity contribution in [1.29, 1.82) is 0 Å². The van der Waals surface area contributed by atoms with Crippen molar-refractivity contribution in [3.05, 3.63) is 46.3 Å². The molecular weight excluding hydrogens is 395 g/mol. The molecular formula is C23H26F3NO3. The van der Waals surface area contributed by atoms with Crippen LogP contribution in [-0.4, -0.2) is 20.7 Å². The van der Waals surface area contributed by atoms with Gasteiger partial charge in [0.1, 0.15) is 11.3 Å². The zero-order chi connectivity index (χ0) is 21.9. The average Bonchev–Trinajstić information content (AvgIpc) is 2.71. The molecule has 162 valence electrons.